The molecular weight excluding hydrogens is 176 g/mol. The minimum atomic E-state index is 0.150. The highest BCUT2D eigenvalue weighted by Gasteiger charge is 2.07. The van der Waals surface area contributed by atoms with Crippen molar-refractivity contribution in [2.75, 3.05) is 0 Å². The van der Waals surface area contributed by atoms with Crippen LogP contribution >= 0.6 is 0 Å². The van der Waals surface area contributed by atoms with Crippen LogP contribution in [0, 0.1) is 5.92 Å². The second kappa shape index (κ2) is 5.03. The van der Waals surface area contributed by atoms with Gasteiger partial charge in [-0.25, -0.2) is 0 Å². The number of aryl methyl sites for hydroxylation is 1. The number of nitrogens with zero attached hydrogens (tertiary/aromatic N) is 2. The summed E-state index contributed by atoms with van der Waals surface area (Å²) in [5.74, 6) is 0.753. The fourth-order valence-corrected chi connectivity index (χ4v) is 1.52. The van der Waals surface area contributed by atoms with Gasteiger partial charge in [0.15, 0.2) is 0 Å². The van der Waals surface area contributed by atoms with E-state index in [1.165, 1.54) is 0 Å². The van der Waals surface area contributed by atoms with Gasteiger partial charge < -0.3 is 5.11 Å². The molecule has 0 unspecified atom stereocenters. The largest absolute Gasteiger partial charge is 0.492 e. The second-order valence-corrected chi connectivity index (χ2v) is 4.17. The van der Waals surface area contributed by atoms with Crippen LogP contribution in [-0.2, 0) is 13.0 Å². The first-order valence-electron chi connectivity index (χ1n) is 5.39. The van der Waals surface area contributed by atoms with E-state index in [4.69, 9.17) is 0 Å². The van der Waals surface area contributed by atoms with Crippen LogP contribution in [0.1, 0.15) is 39.3 Å². The van der Waals surface area contributed by atoms with Gasteiger partial charge in [0.05, 0.1) is 0 Å². The number of aromatic hydroxyl groups is 1. The van der Waals surface area contributed by atoms with Crippen LogP contribution in [0.2, 0.25) is 0 Å². The molecule has 0 aliphatic carbocycles. The van der Waals surface area contributed by atoms with E-state index >= 15 is 0 Å². The van der Waals surface area contributed by atoms with E-state index in [1.54, 1.807) is 6.07 Å². The highest BCUT2D eigenvalue weighted by atomic mass is 16.3. The molecule has 1 rings (SSSR count). The van der Waals surface area contributed by atoms with Crippen molar-refractivity contribution in [2.24, 2.45) is 5.92 Å². The summed E-state index contributed by atoms with van der Waals surface area (Å²) in [6, 6.07) is 1.77. The van der Waals surface area contributed by atoms with Crippen molar-refractivity contribution in [1.82, 2.24) is 9.78 Å². The molecule has 0 radical (unpaired) electrons. The van der Waals surface area contributed by atoms with E-state index in [9.17, 15) is 5.11 Å². The third-order valence-electron chi connectivity index (χ3n) is 2.19. The van der Waals surface area contributed by atoms with Crippen molar-refractivity contribution in [3.63, 3.8) is 0 Å². The number of rotatable bonds is 5. The molecule has 1 aromatic rings. The molecule has 80 valence electrons. The molecule has 0 saturated heterocycles. The van der Waals surface area contributed by atoms with Crippen LogP contribution in [0.3, 0.4) is 0 Å². The Balaban J connectivity index is 2.69. The lowest BCUT2D eigenvalue weighted by atomic mass is 10.1. The van der Waals surface area contributed by atoms with Crippen LogP contribution in [0.5, 0.6) is 5.88 Å². The summed E-state index contributed by atoms with van der Waals surface area (Å²) in [6.07, 6.45) is 3.26. The van der Waals surface area contributed by atoms with Crippen molar-refractivity contribution in [1.29, 1.82) is 0 Å². The summed E-state index contributed by atoms with van der Waals surface area (Å²) >= 11 is 0. The molecule has 0 fully saturated rings. The van der Waals surface area contributed by atoms with Gasteiger partial charge in [0, 0.05) is 18.3 Å². The quantitative estimate of drug-likeness (QED) is 0.786. The molecule has 1 aromatic heterocycles. The molecule has 14 heavy (non-hydrogen) atoms. The number of hydrogen-bond acceptors (Lipinski definition) is 2. The monoisotopic (exact) mass is 196 g/mol. The van der Waals surface area contributed by atoms with Gasteiger partial charge in [-0.15, -0.1) is 5.10 Å². The maximum absolute atomic E-state index is 9.31. The molecule has 0 amide bonds. The maximum atomic E-state index is 9.31. The third kappa shape index (κ3) is 3.05. The molecule has 3 nitrogen and oxygen atoms in total. The SMILES string of the molecule is CCCCn1nc(O)cc1CC(C)C. The zero-order valence-electron chi connectivity index (χ0n) is 9.32. The Morgan fingerprint density at radius 3 is 2.79 bits per heavy atom. The van der Waals surface area contributed by atoms with Gasteiger partial charge in [-0.1, -0.05) is 27.2 Å². The van der Waals surface area contributed by atoms with Crippen molar-refractivity contribution in [3.05, 3.63) is 11.8 Å². The molecule has 0 aliphatic rings. The molecule has 3 heteroatoms. The average molecular weight is 196 g/mol. The molecular formula is C11H20N2O. The number of unbranched alkanes of at least 4 members (excludes halogenated alkanes) is 1. The average Bonchev–Trinajstić information content (AvgIpc) is 2.41. The maximum Gasteiger partial charge on any atom is 0.230 e. The lowest BCUT2D eigenvalue weighted by molar-refractivity contribution is 0.431. The Morgan fingerprint density at radius 1 is 1.50 bits per heavy atom. The molecule has 0 saturated carbocycles. The Bertz CT molecular complexity index is 279. The van der Waals surface area contributed by atoms with Crippen molar-refractivity contribution < 1.29 is 5.11 Å². The van der Waals surface area contributed by atoms with Gasteiger partial charge in [-0.3, -0.25) is 4.68 Å². The van der Waals surface area contributed by atoms with Gasteiger partial charge in [-0.05, 0) is 18.8 Å². The Labute approximate surface area is 85.8 Å². The number of hydrogen-bond donors (Lipinski definition) is 1. The van der Waals surface area contributed by atoms with Crippen LogP contribution in [-0.4, -0.2) is 14.9 Å². The van der Waals surface area contributed by atoms with Gasteiger partial charge in [0.1, 0.15) is 0 Å². The van der Waals surface area contributed by atoms with E-state index in [0.29, 0.717) is 5.92 Å². The molecule has 0 spiro atoms. The van der Waals surface area contributed by atoms with E-state index in [-0.39, 0.29) is 5.88 Å². The topological polar surface area (TPSA) is 38.0 Å². The zero-order valence-corrected chi connectivity index (χ0v) is 9.32. The summed E-state index contributed by atoms with van der Waals surface area (Å²) in [6.45, 7) is 7.42. The fraction of sp³-hybridized carbons (Fsp3) is 0.727. The van der Waals surface area contributed by atoms with Gasteiger partial charge in [0.2, 0.25) is 5.88 Å². The molecule has 1 heterocycles. The predicted octanol–water partition coefficient (Wildman–Crippen LogP) is 2.59. The van der Waals surface area contributed by atoms with E-state index < -0.39 is 0 Å². The van der Waals surface area contributed by atoms with E-state index in [1.807, 2.05) is 4.68 Å². The van der Waals surface area contributed by atoms with Gasteiger partial charge in [-0.2, -0.15) is 0 Å². The fourth-order valence-electron chi connectivity index (χ4n) is 1.52. The van der Waals surface area contributed by atoms with Crippen LogP contribution in [0.15, 0.2) is 6.07 Å². The summed E-state index contributed by atoms with van der Waals surface area (Å²) in [5, 5.41) is 13.4. The Morgan fingerprint density at radius 2 is 2.21 bits per heavy atom. The lowest BCUT2D eigenvalue weighted by Gasteiger charge is -2.07. The Hall–Kier alpha value is -0.990. The first kappa shape index (κ1) is 11.1. The number of aromatic nitrogens is 2. The third-order valence-corrected chi connectivity index (χ3v) is 2.19. The minimum Gasteiger partial charge on any atom is -0.492 e. The van der Waals surface area contributed by atoms with Crippen molar-refractivity contribution in [2.45, 2.75) is 46.6 Å². The normalized spacial score (nSPS) is 11.1. The molecule has 0 bridgehead atoms. The molecule has 0 aliphatic heterocycles. The smallest absolute Gasteiger partial charge is 0.230 e. The summed E-state index contributed by atoms with van der Waals surface area (Å²) < 4.78 is 1.93. The second-order valence-electron chi connectivity index (χ2n) is 4.17. The molecule has 0 atom stereocenters. The van der Waals surface area contributed by atoms with Crippen molar-refractivity contribution in [3.8, 4) is 5.88 Å². The first-order valence-corrected chi connectivity index (χ1v) is 5.39. The van der Waals surface area contributed by atoms with E-state index in [2.05, 4.69) is 25.9 Å². The van der Waals surface area contributed by atoms with Gasteiger partial charge in [0.25, 0.3) is 0 Å². The lowest BCUT2D eigenvalue weighted by Crippen LogP contribution is -2.07. The molecule has 1 N–H and O–H groups in total. The standard InChI is InChI=1S/C11H20N2O/c1-4-5-6-13-10(7-9(2)3)8-11(14)12-13/h8-9H,4-7H2,1-3H3,(H,12,14). The highest BCUT2D eigenvalue weighted by molar-refractivity contribution is 5.14. The summed E-state index contributed by atoms with van der Waals surface area (Å²) in [7, 11) is 0. The summed E-state index contributed by atoms with van der Waals surface area (Å²) in [5.41, 5.74) is 1.14. The molecule has 0 aromatic carbocycles. The Kier molecular flexibility index (Phi) is 3.98. The first-order chi connectivity index (χ1) is 6.63. The minimum absolute atomic E-state index is 0.150. The highest BCUT2D eigenvalue weighted by Crippen LogP contribution is 2.14. The zero-order chi connectivity index (χ0) is 10.6. The summed E-state index contributed by atoms with van der Waals surface area (Å²) in [4.78, 5) is 0. The predicted molar refractivity (Wildman–Crippen MR) is 57.3 cm³/mol. The van der Waals surface area contributed by atoms with Crippen LogP contribution < -0.4 is 0 Å². The van der Waals surface area contributed by atoms with Crippen molar-refractivity contribution >= 4 is 0 Å². The van der Waals surface area contributed by atoms with Crippen LogP contribution in [0.4, 0.5) is 0 Å². The van der Waals surface area contributed by atoms with Gasteiger partial charge >= 0.3 is 0 Å². The van der Waals surface area contributed by atoms with Crippen LogP contribution in [0.25, 0.3) is 0 Å². The van der Waals surface area contributed by atoms with E-state index in [0.717, 1.165) is 31.5 Å².